The highest BCUT2D eigenvalue weighted by Gasteiger charge is 2.29. The van der Waals surface area contributed by atoms with Crippen LogP contribution in [-0.4, -0.2) is 32.2 Å². The van der Waals surface area contributed by atoms with E-state index >= 15 is 0 Å². The van der Waals surface area contributed by atoms with Gasteiger partial charge in [-0.2, -0.15) is 0 Å². The summed E-state index contributed by atoms with van der Waals surface area (Å²) >= 11 is 5.97. The lowest BCUT2D eigenvalue weighted by molar-refractivity contribution is 0.0935. The van der Waals surface area contributed by atoms with Gasteiger partial charge in [-0.25, -0.2) is 5.43 Å². The average molecular weight is 374 g/mol. The quantitative estimate of drug-likeness (QED) is 0.767. The molecule has 0 bridgehead atoms. The van der Waals surface area contributed by atoms with E-state index in [-0.39, 0.29) is 17.9 Å². The molecule has 0 spiro atoms. The van der Waals surface area contributed by atoms with Crippen LogP contribution in [0.3, 0.4) is 0 Å². The van der Waals surface area contributed by atoms with E-state index in [1.165, 1.54) is 0 Å². The van der Waals surface area contributed by atoms with Gasteiger partial charge in [0.25, 0.3) is 5.91 Å². The number of hydrazine groups is 1. The van der Waals surface area contributed by atoms with Crippen molar-refractivity contribution in [3.63, 3.8) is 0 Å². The molecule has 136 valence electrons. The molecular weight excluding hydrogens is 354 g/mol. The molecule has 6 nitrogen and oxygen atoms in total. The van der Waals surface area contributed by atoms with Crippen LogP contribution in [0.4, 0.5) is 0 Å². The molecule has 4 rings (SSSR count). The number of carbonyl (C=O) groups is 1. The topological polar surface area (TPSA) is 71.6 Å². The number of carbonyl (C=O) groups excluding carboxylic acids is 1. The number of amides is 1. The third-order valence-corrected chi connectivity index (χ3v) is 4.91. The number of benzene rings is 2. The Hall–Kier alpha value is -2.28. The predicted octanol–water partition coefficient (Wildman–Crippen LogP) is 2.31. The largest absolute Gasteiger partial charge is 0.486 e. The molecule has 2 atom stereocenters. The lowest BCUT2D eigenvalue weighted by Crippen LogP contribution is -2.33. The molecule has 0 aliphatic carbocycles. The second-order valence-electron chi connectivity index (χ2n) is 6.35. The molecule has 1 saturated heterocycles. The molecule has 1 amide bonds. The lowest BCUT2D eigenvalue weighted by atomic mass is 9.95. The van der Waals surface area contributed by atoms with Gasteiger partial charge < -0.3 is 14.8 Å². The van der Waals surface area contributed by atoms with Crippen LogP contribution in [0.2, 0.25) is 5.02 Å². The summed E-state index contributed by atoms with van der Waals surface area (Å²) in [6.45, 7) is 2.25. The van der Waals surface area contributed by atoms with Gasteiger partial charge in [0.2, 0.25) is 0 Å². The SMILES string of the molecule is O=C(NCC1CNNC1c1ccc(Cl)cc1)c1cccc2c1OCCO2. The average Bonchev–Trinajstić information content (AvgIpc) is 3.15. The number of nitrogens with one attached hydrogen (secondary N) is 3. The first-order chi connectivity index (χ1) is 12.7. The van der Waals surface area contributed by atoms with E-state index in [1.807, 2.05) is 30.3 Å². The van der Waals surface area contributed by atoms with Gasteiger partial charge in [-0.05, 0) is 29.8 Å². The Labute approximate surface area is 156 Å². The molecule has 1 fully saturated rings. The minimum Gasteiger partial charge on any atom is -0.486 e. The van der Waals surface area contributed by atoms with E-state index in [4.69, 9.17) is 21.1 Å². The van der Waals surface area contributed by atoms with Crippen LogP contribution < -0.4 is 25.6 Å². The number of halogens is 1. The molecule has 2 heterocycles. The van der Waals surface area contributed by atoms with Crippen molar-refractivity contribution in [1.82, 2.24) is 16.2 Å². The standard InChI is InChI=1S/C19H20ClN3O3/c20-14-6-4-12(5-7-14)17-13(11-22-23-17)10-21-19(24)15-2-1-3-16-18(15)26-9-8-25-16/h1-7,13,17,22-23H,8-11H2,(H,21,24). The summed E-state index contributed by atoms with van der Waals surface area (Å²) in [5.41, 5.74) is 8.07. The van der Waals surface area contributed by atoms with E-state index in [1.54, 1.807) is 12.1 Å². The van der Waals surface area contributed by atoms with Gasteiger partial charge in [-0.1, -0.05) is 29.8 Å². The third-order valence-electron chi connectivity index (χ3n) is 4.66. The van der Waals surface area contributed by atoms with Gasteiger partial charge in [-0.15, -0.1) is 0 Å². The lowest BCUT2D eigenvalue weighted by Gasteiger charge is -2.22. The van der Waals surface area contributed by atoms with Crippen molar-refractivity contribution in [3.8, 4) is 11.5 Å². The summed E-state index contributed by atoms with van der Waals surface area (Å²) in [6, 6.07) is 13.2. The van der Waals surface area contributed by atoms with Crippen molar-refractivity contribution < 1.29 is 14.3 Å². The van der Waals surface area contributed by atoms with Crippen LogP contribution in [0.1, 0.15) is 22.0 Å². The molecular formula is C19H20ClN3O3. The van der Waals surface area contributed by atoms with Crippen LogP contribution in [0.5, 0.6) is 11.5 Å². The highest BCUT2D eigenvalue weighted by Crippen LogP contribution is 2.33. The van der Waals surface area contributed by atoms with Crippen molar-refractivity contribution in [2.24, 2.45) is 5.92 Å². The number of para-hydroxylation sites is 1. The van der Waals surface area contributed by atoms with E-state index < -0.39 is 0 Å². The first-order valence-electron chi connectivity index (χ1n) is 8.63. The zero-order valence-corrected chi connectivity index (χ0v) is 14.9. The Morgan fingerprint density at radius 2 is 1.96 bits per heavy atom. The van der Waals surface area contributed by atoms with Gasteiger partial charge in [0.05, 0.1) is 11.6 Å². The molecule has 0 aromatic heterocycles. The summed E-state index contributed by atoms with van der Waals surface area (Å²) in [5.74, 6) is 1.20. The minimum absolute atomic E-state index is 0.108. The number of ether oxygens (including phenoxy) is 2. The van der Waals surface area contributed by atoms with Crippen LogP contribution >= 0.6 is 11.6 Å². The molecule has 2 aromatic rings. The summed E-state index contributed by atoms with van der Waals surface area (Å²) < 4.78 is 11.2. The molecule has 0 saturated carbocycles. The van der Waals surface area contributed by atoms with Gasteiger partial charge in [-0.3, -0.25) is 10.2 Å². The zero-order valence-electron chi connectivity index (χ0n) is 14.1. The fourth-order valence-electron chi connectivity index (χ4n) is 3.32. The van der Waals surface area contributed by atoms with Crippen molar-refractivity contribution in [2.45, 2.75) is 6.04 Å². The molecule has 2 aromatic carbocycles. The van der Waals surface area contributed by atoms with Crippen LogP contribution in [0.25, 0.3) is 0 Å². The molecule has 26 heavy (non-hydrogen) atoms. The number of hydrogen-bond acceptors (Lipinski definition) is 5. The monoisotopic (exact) mass is 373 g/mol. The highest BCUT2D eigenvalue weighted by atomic mass is 35.5. The molecule has 2 aliphatic rings. The van der Waals surface area contributed by atoms with Crippen molar-refractivity contribution in [3.05, 3.63) is 58.6 Å². The first-order valence-corrected chi connectivity index (χ1v) is 9.01. The van der Waals surface area contributed by atoms with Gasteiger partial charge in [0, 0.05) is 24.0 Å². The molecule has 0 radical (unpaired) electrons. The van der Waals surface area contributed by atoms with E-state index in [0.717, 1.165) is 12.1 Å². The Bertz CT molecular complexity index is 797. The molecule has 2 unspecified atom stereocenters. The van der Waals surface area contributed by atoms with Crippen LogP contribution in [0.15, 0.2) is 42.5 Å². The number of fused-ring (bicyclic) bond motifs is 1. The van der Waals surface area contributed by atoms with E-state index in [2.05, 4.69) is 16.2 Å². The minimum atomic E-state index is -0.158. The maximum atomic E-state index is 12.7. The van der Waals surface area contributed by atoms with Crippen molar-refractivity contribution in [1.29, 1.82) is 0 Å². The fraction of sp³-hybridized carbons (Fsp3) is 0.316. The summed E-state index contributed by atoms with van der Waals surface area (Å²) in [4.78, 5) is 12.7. The first kappa shape index (κ1) is 17.1. The Morgan fingerprint density at radius 3 is 2.81 bits per heavy atom. The molecule has 2 aliphatic heterocycles. The van der Waals surface area contributed by atoms with E-state index in [0.29, 0.717) is 41.8 Å². The van der Waals surface area contributed by atoms with Crippen LogP contribution in [0, 0.1) is 5.92 Å². The van der Waals surface area contributed by atoms with Gasteiger partial charge in [0.1, 0.15) is 13.2 Å². The van der Waals surface area contributed by atoms with Crippen LogP contribution in [-0.2, 0) is 0 Å². The maximum absolute atomic E-state index is 12.7. The normalized spacial score (nSPS) is 21.4. The Morgan fingerprint density at radius 1 is 1.15 bits per heavy atom. The summed E-state index contributed by atoms with van der Waals surface area (Å²) in [5, 5.41) is 3.73. The number of hydrogen-bond donors (Lipinski definition) is 3. The van der Waals surface area contributed by atoms with Gasteiger partial charge in [0.15, 0.2) is 11.5 Å². The molecule has 7 heteroatoms. The second-order valence-corrected chi connectivity index (χ2v) is 6.79. The summed E-state index contributed by atoms with van der Waals surface area (Å²) in [7, 11) is 0. The third kappa shape index (κ3) is 3.49. The fourth-order valence-corrected chi connectivity index (χ4v) is 3.45. The molecule has 3 N–H and O–H groups in total. The maximum Gasteiger partial charge on any atom is 0.255 e. The smallest absolute Gasteiger partial charge is 0.255 e. The predicted molar refractivity (Wildman–Crippen MR) is 98.6 cm³/mol. The highest BCUT2D eigenvalue weighted by molar-refractivity contribution is 6.30. The van der Waals surface area contributed by atoms with Gasteiger partial charge >= 0.3 is 0 Å². The Balaban J connectivity index is 1.43. The summed E-state index contributed by atoms with van der Waals surface area (Å²) in [6.07, 6.45) is 0. The zero-order chi connectivity index (χ0) is 17.9. The van der Waals surface area contributed by atoms with Crippen molar-refractivity contribution in [2.75, 3.05) is 26.3 Å². The van der Waals surface area contributed by atoms with E-state index in [9.17, 15) is 4.79 Å². The second kappa shape index (κ2) is 7.53. The Kier molecular flexibility index (Phi) is 4.97. The van der Waals surface area contributed by atoms with Crippen molar-refractivity contribution >= 4 is 17.5 Å². The number of rotatable bonds is 4.